The molecule has 2 aliphatic rings. The smallest absolute Gasteiger partial charge is 0.256 e. The first-order chi connectivity index (χ1) is 20.0. The van der Waals surface area contributed by atoms with E-state index in [4.69, 9.17) is 16.6 Å². The van der Waals surface area contributed by atoms with E-state index in [1.54, 1.807) is 11.0 Å². The zero-order chi connectivity index (χ0) is 29.6. The number of H-pyrrole nitrogens is 1. The number of aryl methyl sites for hydroxylation is 1. The monoisotopic (exact) mass is 581 g/mol. The van der Waals surface area contributed by atoms with Crippen molar-refractivity contribution in [1.82, 2.24) is 14.9 Å². The summed E-state index contributed by atoms with van der Waals surface area (Å²) in [6.07, 6.45) is 1.71. The largest absolute Gasteiger partial charge is 0.378 e. The number of amides is 1. The molecule has 216 valence electrons. The normalized spacial score (nSPS) is 16.8. The number of hydrogen-bond acceptors (Lipinski definition) is 4. The fourth-order valence-corrected chi connectivity index (χ4v) is 6.17. The molecule has 0 saturated heterocycles. The van der Waals surface area contributed by atoms with Crippen LogP contribution in [-0.4, -0.2) is 32.4 Å². The van der Waals surface area contributed by atoms with E-state index in [1.165, 1.54) is 5.56 Å². The van der Waals surface area contributed by atoms with Crippen LogP contribution in [0.4, 0.5) is 0 Å². The molecule has 0 radical (unpaired) electrons. The van der Waals surface area contributed by atoms with Crippen molar-refractivity contribution < 1.29 is 9.90 Å². The van der Waals surface area contributed by atoms with Crippen molar-refractivity contribution in [2.75, 3.05) is 6.54 Å². The van der Waals surface area contributed by atoms with Gasteiger partial charge in [0.2, 0.25) is 0 Å². The number of rotatable bonds is 5. The van der Waals surface area contributed by atoms with Gasteiger partial charge < -0.3 is 15.0 Å². The maximum atomic E-state index is 13.6. The Morgan fingerprint density at radius 3 is 2.45 bits per heavy atom. The molecule has 7 heteroatoms. The number of halogens is 1. The Morgan fingerprint density at radius 1 is 1.02 bits per heavy atom. The highest BCUT2D eigenvalue weighted by atomic mass is 35.5. The topological polar surface area (TPSA) is 86.3 Å². The number of aliphatic hydroxyl groups excluding tert-OH is 1. The summed E-state index contributed by atoms with van der Waals surface area (Å²) in [6.45, 7) is 7.08. The van der Waals surface area contributed by atoms with Gasteiger partial charge >= 0.3 is 0 Å². The van der Waals surface area contributed by atoms with E-state index in [2.05, 4.69) is 37.9 Å². The molecule has 1 aromatic heterocycles. The lowest BCUT2D eigenvalue weighted by molar-refractivity contribution is -0.141. The second-order valence-electron chi connectivity index (χ2n) is 12.7. The Hall–Kier alpha value is -3.74. The quantitative estimate of drug-likeness (QED) is 0.283. The molecule has 1 aliphatic carbocycles. The third kappa shape index (κ3) is 5.41. The van der Waals surface area contributed by atoms with Crippen molar-refractivity contribution in [3.05, 3.63) is 122 Å². The number of aliphatic hydroxyl groups is 1. The van der Waals surface area contributed by atoms with Gasteiger partial charge in [-0.05, 0) is 77.1 Å². The Morgan fingerprint density at radius 2 is 1.74 bits per heavy atom. The lowest BCUT2D eigenvalue weighted by Gasteiger charge is -2.24. The van der Waals surface area contributed by atoms with Gasteiger partial charge in [-0.15, -0.1) is 0 Å². The predicted molar refractivity (Wildman–Crippen MR) is 166 cm³/mol. The average Bonchev–Trinajstić information content (AvgIpc) is 3.81. The van der Waals surface area contributed by atoms with Gasteiger partial charge in [0.05, 0.1) is 23.2 Å². The van der Waals surface area contributed by atoms with Gasteiger partial charge in [-0.1, -0.05) is 87.0 Å². The number of fused-ring (bicyclic) bond motifs is 1. The molecule has 4 aromatic rings. The maximum absolute atomic E-state index is 13.6. The van der Waals surface area contributed by atoms with Crippen molar-refractivity contribution in [3.8, 4) is 11.1 Å². The van der Waals surface area contributed by atoms with Crippen LogP contribution >= 0.6 is 11.6 Å². The van der Waals surface area contributed by atoms with E-state index in [-0.39, 0.29) is 22.9 Å². The minimum Gasteiger partial charge on any atom is -0.378 e. The van der Waals surface area contributed by atoms with Crippen LogP contribution in [0.3, 0.4) is 0 Å². The third-order valence-electron chi connectivity index (χ3n) is 8.68. The molecule has 1 aliphatic heterocycles. The zero-order valence-corrected chi connectivity index (χ0v) is 25.0. The van der Waals surface area contributed by atoms with Crippen LogP contribution in [0.1, 0.15) is 79.9 Å². The van der Waals surface area contributed by atoms with Crippen LogP contribution in [0.25, 0.3) is 11.1 Å². The van der Waals surface area contributed by atoms with E-state index < -0.39 is 12.0 Å². The van der Waals surface area contributed by atoms with Crippen molar-refractivity contribution in [2.24, 2.45) is 0 Å². The molecular formula is C35H36ClN3O3. The third-order valence-corrected chi connectivity index (χ3v) is 8.92. The van der Waals surface area contributed by atoms with Gasteiger partial charge in [-0.2, -0.15) is 0 Å². The highest BCUT2D eigenvalue weighted by molar-refractivity contribution is 6.30. The van der Waals surface area contributed by atoms with Gasteiger partial charge in [0.15, 0.2) is 6.10 Å². The summed E-state index contributed by atoms with van der Waals surface area (Å²) in [7, 11) is 0. The number of aromatic nitrogens is 2. The lowest BCUT2D eigenvalue weighted by atomic mass is 9.85. The maximum Gasteiger partial charge on any atom is 0.256 e. The van der Waals surface area contributed by atoms with E-state index in [1.807, 2.05) is 54.6 Å². The second kappa shape index (κ2) is 10.8. The van der Waals surface area contributed by atoms with Gasteiger partial charge in [0.25, 0.3) is 11.5 Å². The van der Waals surface area contributed by atoms with Crippen LogP contribution < -0.4 is 5.56 Å². The summed E-state index contributed by atoms with van der Waals surface area (Å²) in [5, 5.41) is 11.9. The fourth-order valence-electron chi connectivity index (χ4n) is 5.98. The Labute approximate surface area is 251 Å². The van der Waals surface area contributed by atoms with E-state index in [9.17, 15) is 14.7 Å². The van der Waals surface area contributed by atoms with Gasteiger partial charge in [0, 0.05) is 11.6 Å². The van der Waals surface area contributed by atoms with Gasteiger partial charge in [0.1, 0.15) is 5.82 Å². The molecule has 42 heavy (non-hydrogen) atoms. The fraction of sp³-hybridized carbons (Fsp3) is 0.343. The summed E-state index contributed by atoms with van der Waals surface area (Å²) < 4.78 is 0. The first-order valence-corrected chi connectivity index (χ1v) is 15.0. The van der Waals surface area contributed by atoms with Crippen molar-refractivity contribution in [3.63, 3.8) is 0 Å². The molecule has 6 nitrogen and oxygen atoms in total. The highest BCUT2D eigenvalue weighted by Crippen LogP contribution is 2.52. The number of benzene rings is 3. The van der Waals surface area contributed by atoms with Crippen molar-refractivity contribution in [2.45, 2.75) is 69.9 Å². The molecule has 1 amide bonds. The Kier molecular flexibility index (Phi) is 7.32. The second-order valence-corrected chi connectivity index (χ2v) is 13.1. The van der Waals surface area contributed by atoms with Crippen molar-refractivity contribution >= 4 is 17.5 Å². The number of nitrogens with zero attached hydrogens (tertiary/aromatic N) is 2. The van der Waals surface area contributed by atoms with Crippen LogP contribution in [0.15, 0.2) is 77.6 Å². The molecule has 2 N–H and O–H groups in total. The molecule has 1 atom stereocenters. The molecule has 1 saturated carbocycles. The lowest BCUT2D eigenvalue weighted by Crippen LogP contribution is -2.36. The average molecular weight is 582 g/mol. The summed E-state index contributed by atoms with van der Waals surface area (Å²) in [4.78, 5) is 36.5. The zero-order valence-electron chi connectivity index (χ0n) is 24.3. The van der Waals surface area contributed by atoms with E-state index >= 15 is 0 Å². The molecular weight excluding hydrogens is 546 g/mol. The molecule has 0 bridgehead atoms. The Bertz CT molecular complexity index is 1720. The number of hydrogen-bond donors (Lipinski definition) is 2. The molecule has 3 aromatic carbocycles. The first-order valence-electron chi connectivity index (χ1n) is 14.6. The van der Waals surface area contributed by atoms with Crippen molar-refractivity contribution in [1.29, 1.82) is 0 Å². The summed E-state index contributed by atoms with van der Waals surface area (Å²) in [6, 6.07) is 23.6. The minimum atomic E-state index is -1.33. The highest BCUT2D eigenvalue weighted by Gasteiger charge is 2.48. The van der Waals surface area contributed by atoms with Gasteiger partial charge in [-0.25, -0.2) is 4.98 Å². The molecule has 1 fully saturated rings. The Balaban J connectivity index is 1.24. The SMILES string of the molecule is CC(C)(C)c1cccc(-c2cccc(C(O)C(=O)N3CCCc4nc(C5(c6cccc(Cl)c6)CC5)[nH]c(=O)c4C3)c2)c1. The number of nitrogens with one attached hydrogen (secondary N) is 1. The predicted octanol–water partition coefficient (Wildman–Crippen LogP) is 6.48. The molecule has 6 rings (SSSR count). The minimum absolute atomic E-state index is 0.00807. The van der Waals surface area contributed by atoms with Crippen LogP contribution in [0, 0.1) is 0 Å². The van der Waals surface area contributed by atoms with Crippen LogP contribution in [0.5, 0.6) is 0 Å². The standard InChI is InChI=1S/C35H36ClN3O3/c1-34(2,3)25-11-5-9-23(19-25)22-8-4-10-24(18-22)30(40)32(42)39-17-7-14-29-28(21-39)31(41)38-33(37-29)35(15-16-35)26-12-6-13-27(36)20-26/h4-6,8-13,18-20,30,40H,7,14-17,21H2,1-3H3,(H,37,38,41). The number of carbonyl (C=O) groups excluding carboxylic acids is 1. The molecule has 2 heterocycles. The summed E-state index contributed by atoms with van der Waals surface area (Å²) >= 11 is 6.26. The summed E-state index contributed by atoms with van der Waals surface area (Å²) in [5.41, 5.74) is 5.45. The van der Waals surface area contributed by atoms with E-state index in [0.29, 0.717) is 41.4 Å². The van der Waals surface area contributed by atoms with Crippen LogP contribution in [0.2, 0.25) is 5.02 Å². The van der Waals surface area contributed by atoms with E-state index in [0.717, 1.165) is 35.2 Å². The van der Waals surface area contributed by atoms with Crippen LogP contribution in [-0.2, 0) is 28.6 Å². The summed E-state index contributed by atoms with van der Waals surface area (Å²) in [5.74, 6) is 0.255. The first kappa shape index (κ1) is 28.4. The van der Waals surface area contributed by atoms with Gasteiger partial charge in [-0.3, -0.25) is 9.59 Å². The molecule has 0 spiro atoms. The number of aromatic amines is 1. The number of carbonyl (C=O) groups is 1. The molecule has 1 unspecified atom stereocenters.